The maximum atomic E-state index is 9.88. The van der Waals surface area contributed by atoms with Gasteiger partial charge in [0, 0.05) is 12.7 Å². The quantitative estimate of drug-likeness (QED) is 0.875. The van der Waals surface area contributed by atoms with Gasteiger partial charge in [-0.25, -0.2) is 4.98 Å². The van der Waals surface area contributed by atoms with Crippen molar-refractivity contribution in [1.82, 2.24) is 4.98 Å². The average Bonchev–Trinajstić information content (AvgIpc) is 2.41. The highest BCUT2D eigenvalue weighted by Gasteiger charge is 2.14. The summed E-state index contributed by atoms with van der Waals surface area (Å²) < 4.78 is 0. The highest BCUT2D eigenvalue weighted by molar-refractivity contribution is 5.65. The lowest BCUT2D eigenvalue weighted by molar-refractivity contribution is 0.462. The Morgan fingerprint density at radius 1 is 1.00 bits per heavy atom. The van der Waals surface area contributed by atoms with Gasteiger partial charge in [-0.05, 0) is 44.0 Å². The van der Waals surface area contributed by atoms with E-state index >= 15 is 0 Å². The third kappa shape index (κ3) is 2.04. The number of aromatic nitrogens is 1. The second kappa shape index (κ2) is 4.69. The number of anilines is 2. The molecule has 0 amide bonds. The Hall–Kier alpha value is -2.03. The molecule has 2 rings (SSSR count). The molecule has 1 heterocycles. The molecule has 0 saturated heterocycles. The van der Waals surface area contributed by atoms with Gasteiger partial charge in [-0.15, -0.1) is 0 Å². The van der Waals surface area contributed by atoms with Gasteiger partial charge in [0.25, 0.3) is 0 Å². The molecular formula is C15H18N2O. The normalized spacial score (nSPS) is 10.4. The minimum atomic E-state index is 0.290. The van der Waals surface area contributed by atoms with Crippen LogP contribution in [0.3, 0.4) is 0 Å². The Morgan fingerprint density at radius 2 is 1.61 bits per heavy atom. The van der Waals surface area contributed by atoms with Crippen molar-refractivity contribution in [3.63, 3.8) is 0 Å². The first-order valence-electron chi connectivity index (χ1n) is 5.98. The predicted molar refractivity (Wildman–Crippen MR) is 74.6 cm³/mol. The summed E-state index contributed by atoms with van der Waals surface area (Å²) in [7, 11) is 1.99. The lowest BCUT2D eigenvalue weighted by Gasteiger charge is -2.22. The van der Waals surface area contributed by atoms with Crippen molar-refractivity contribution in [2.75, 3.05) is 11.9 Å². The highest BCUT2D eigenvalue weighted by Crippen LogP contribution is 2.32. The lowest BCUT2D eigenvalue weighted by atomic mass is 10.1. The molecule has 3 heteroatoms. The van der Waals surface area contributed by atoms with Crippen LogP contribution in [0.1, 0.15) is 16.8 Å². The fourth-order valence-electron chi connectivity index (χ4n) is 2.01. The topological polar surface area (TPSA) is 36.4 Å². The molecule has 94 valence electrons. The Kier molecular flexibility index (Phi) is 3.24. The molecule has 0 radical (unpaired) electrons. The summed E-state index contributed by atoms with van der Waals surface area (Å²) in [5.74, 6) is 1.17. The van der Waals surface area contributed by atoms with Crippen molar-refractivity contribution in [2.24, 2.45) is 0 Å². The van der Waals surface area contributed by atoms with E-state index in [0.29, 0.717) is 5.69 Å². The number of nitrogens with zero attached hydrogens (tertiary/aromatic N) is 2. The van der Waals surface area contributed by atoms with Crippen LogP contribution >= 0.6 is 0 Å². The number of para-hydroxylation sites is 1. The predicted octanol–water partition coefficient (Wildman–Crippen LogP) is 3.48. The number of rotatable bonds is 2. The number of hydrogen-bond acceptors (Lipinski definition) is 3. The monoisotopic (exact) mass is 242 g/mol. The molecule has 0 aliphatic carbocycles. The Labute approximate surface area is 108 Å². The smallest absolute Gasteiger partial charge is 0.140 e. The van der Waals surface area contributed by atoms with Gasteiger partial charge in [0.15, 0.2) is 0 Å². The maximum absolute atomic E-state index is 9.88. The van der Waals surface area contributed by atoms with Gasteiger partial charge >= 0.3 is 0 Å². The van der Waals surface area contributed by atoms with Gasteiger partial charge in [-0.2, -0.15) is 0 Å². The molecule has 0 unspecified atom stereocenters. The molecule has 2 aromatic rings. The fourth-order valence-corrected chi connectivity index (χ4v) is 2.01. The van der Waals surface area contributed by atoms with Crippen molar-refractivity contribution in [3.8, 4) is 5.75 Å². The second-order valence-electron chi connectivity index (χ2n) is 4.51. The van der Waals surface area contributed by atoms with E-state index in [1.807, 2.05) is 63.1 Å². The van der Waals surface area contributed by atoms with E-state index in [1.165, 1.54) is 0 Å². The van der Waals surface area contributed by atoms with E-state index in [-0.39, 0.29) is 5.75 Å². The van der Waals surface area contributed by atoms with E-state index in [2.05, 4.69) is 4.98 Å². The lowest BCUT2D eigenvalue weighted by Crippen LogP contribution is -2.14. The van der Waals surface area contributed by atoms with Crippen LogP contribution in [0.2, 0.25) is 0 Å². The van der Waals surface area contributed by atoms with Crippen molar-refractivity contribution in [3.05, 3.63) is 47.2 Å². The fraction of sp³-hybridized carbons (Fsp3) is 0.267. The molecule has 0 aliphatic heterocycles. The van der Waals surface area contributed by atoms with Crippen molar-refractivity contribution >= 4 is 11.5 Å². The summed E-state index contributed by atoms with van der Waals surface area (Å²) in [6, 6.07) is 10.1. The minimum Gasteiger partial charge on any atom is -0.506 e. The average molecular weight is 242 g/mol. The molecule has 0 spiro atoms. The number of hydrogen-bond donors (Lipinski definition) is 1. The Morgan fingerprint density at radius 3 is 2.22 bits per heavy atom. The SMILES string of the molecule is Cc1nc(N(C)c2ccccc2)c(C)c(C)c1O. The summed E-state index contributed by atoms with van der Waals surface area (Å²) >= 11 is 0. The second-order valence-corrected chi connectivity index (χ2v) is 4.51. The first-order chi connectivity index (χ1) is 8.52. The zero-order chi connectivity index (χ0) is 13.3. The van der Waals surface area contributed by atoms with Gasteiger partial charge < -0.3 is 10.0 Å². The van der Waals surface area contributed by atoms with Crippen LogP contribution in [0.4, 0.5) is 11.5 Å². The third-order valence-electron chi connectivity index (χ3n) is 3.33. The number of aromatic hydroxyl groups is 1. The van der Waals surface area contributed by atoms with Crippen LogP contribution in [0, 0.1) is 20.8 Å². The maximum Gasteiger partial charge on any atom is 0.140 e. The van der Waals surface area contributed by atoms with Crippen molar-refractivity contribution in [1.29, 1.82) is 0 Å². The van der Waals surface area contributed by atoms with E-state index in [1.54, 1.807) is 0 Å². The standard InChI is InChI=1S/C15H18N2O/c1-10-11(2)15(16-12(3)14(10)18)17(4)13-8-6-5-7-9-13/h5-9,18H,1-4H3. The van der Waals surface area contributed by atoms with Crippen LogP contribution in [0.5, 0.6) is 5.75 Å². The molecule has 0 bridgehead atoms. The molecule has 1 N–H and O–H groups in total. The number of benzene rings is 1. The zero-order valence-electron chi connectivity index (χ0n) is 11.2. The minimum absolute atomic E-state index is 0.290. The number of aryl methyl sites for hydroxylation is 1. The molecule has 0 saturated carbocycles. The summed E-state index contributed by atoms with van der Waals surface area (Å²) in [6.45, 7) is 5.72. The molecule has 3 nitrogen and oxygen atoms in total. The zero-order valence-corrected chi connectivity index (χ0v) is 11.2. The molecule has 1 aromatic heterocycles. The van der Waals surface area contributed by atoms with Gasteiger partial charge in [0.05, 0.1) is 5.69 Å². The molecule has 0 aliphatic rings. The molecule has 0 atom stereocenters. The van der Waals surface area contributed by atoms with Crippen LogP contribution in [0.15, 0.2) is 30.3 Å². The summed E-state index contributed by atoms with van der Waals surface area (Å²) in [5.41, 5.74) is 3.64. The van der Waals surface area contributed by atoms with E-state index in [9.17, 15) is 5.11 Å². The first-order valence-corrected chi connectivity index (χ1v) is 5.98. The van der Waals surface area contributed by atoms with Gasteiger partial charge in [0.1, 0.15) is 11.6 Å². The summed E-state index contributed by atoms with van der Waals surface area (Å²) in [6.07, 6.45) is 0. The van der Waals surface area contributed by atoms with Crippen LogP contribution in [0.25, 0.3) is 0 Å². The van der Waals surface area contributed by atoms with Gasteiger partial charge in [-0.3, -0.25) is 0 Å². The molecule has 1 aromatic carbocycles. The molecule has 18 heavy (non-hydrogen) atoms. The number of pyridine rings is 1. The highest BCUT2D eigenvalue weighted by atomic mass is 16.3. The van der Waals surface area contributed by atoms with Gasteiger partial charge in [0.2, 0.25) is 0 Å². The van der Waals surface area contributed by atoms with Crippen LogP contribution in [-0.4, -0.2) is 17.1 Å². The molecular weight excluding hydrogens is 224 g/mol. The van der Waals surface area contributed by atoms with Crippen LogP contribution in [-0.2, 0) is 0 Å². The first kappa shape index (κ1) is 12.4. The Balaban J connectivity index is 2.52. The van der Waals surface area contributed by atoms with Crippen molar-refractivity contribution in [2.45, 2.75) is 20.8 Å². The van der Waals surface area contributed by atoms with E-state index in [4.69, 9.17) is 0 Å². The molecule has 0 fully saturated rings. The van der Waals surface area contributed by atoms with Crippen LogP contribution < -0.4 is 4.90 Å². The van der Waals surface area contributed by atoms with E-state index in [0.717, 1.165) is 22.6 Å². The van der Waals surface area contributed by atoms with Gasteiger partial charge in [-0.1, -0.05) is 18.2 Å². The summed E-state index contributed by atoms with van der Waals surface area (Å²) in [5, 5.41) is 9.88. The summed E-state index contributed by atoms with van der Waals surface area (Å²) in [4.78, 5) is 6.52. The van der Waals surface area contributed by atoms with Crippen molar-refractivity contribution < 1.29 is 5.11 Å². The largest absolute Gasteiger partial charge is 0.506 e. The van der Waals surface area contributed by atoms with E-state index < -0.39 is 0 Å². The third-order valence-corrected chi connectivity index (χ3v) is 3.33. The Bertz CT molecular complexity index is 564.